The van der Waals surface area contributed by atoms with Crippen LogP contribution >= 0.6 is 0 Å². The van der Waals surface area contributed by atoms with Crippen molar-refractivity contribution in [3.63, 3.8) is 0 Å². The lowest BCUT2D eigenvalue weighted by Gasteiger charge is -2.39. The predicted molar refractivity (Wildman–Crippen MR) is 73.7 cm³/mol. The Balaban J connectivity index is 2.42. The van der Waals surface area contributed by atoms with Gasteiger partial charge in [0.15, 0.2) is 0 Å². The van der Waals surface area contributed by atoms with Crippen molar-refractivity contribution in [2.75, 3.05) is 14.2 Å². The van der Waals surface area contributed by atoms with Gasteiger partial charge in [-0.2, -0.15) is 0 Å². The van der Waals surface area contributed by atoms with E-state index < -0.39 is 35.9 Å². The van der Waals surface area contributed by atoms with Gasteiger partial charge < -0.3 is 15.2 Å². The molecule has 0 aromatic heterocycles. The maximum absolute atomic E-state index is 11.7. The summed E-state index contributed by atoms with van der Waals surface area (Å²) in [6.07, 6.45) is 0.190. The minimum atomic E-state index is -0.884. The van der Waals surface area contributed by atoms with E-state index in [1.807, 2.05) is 0 Å². The van der Waals surface area contributed by atoms with Crippen molar-refractivity contribution in [2.45, 2.75) is 31.5 Å². The fourth-order valence-electron chi connectivity index (χ4n) is 3.07. The number of methoxy groups -OCH3 is 2. The molecule has 2 rings (SSSR count). The van der Waals surface area contributed by atoms with Crippen molar-refractivity contribution in [3.05, 3.63) is 10.1 Å². The van der Waals surface area contributed by atoms with Gasteiger partial charge in [-0.25, -0.2) is 9.98 Å². The SMILES string of the molecule is COC1=NC2CC([N+](=O)[O-])C(C)C(C(N)=O)C2N=C1OC. The standard InChI is InChI=1S/C12H18N4O5/c1-5-7(16(18)19)4-6-9(8(5)10(13)17)15-12(21-3)11(14-6)20-2/h5-9H,4H2,1-3H3,(H2,13,17). The fourth-order valence-corrected chi connectivity index (χ4v) is 3.07. The molecule has 21 heavy (non-hydrogen) atoms. The van der Waals surface area contributed by atoms with Gasteiger partial charge in [0.25, 0.3) is 11.8 Å². The predicted octanol–water partition coefficient (Wildman–Crippen LogP) is -0.386. The average molecular weight is 298 g/mol. The van der Waals surface area contributed by atoms with Crippen molar-refractivity contribution in [1.29, 1.82) is 0 Å². The second-order valence-corrected chi connectivity index (χ2v) is 5.21. The van der Waals surface area contributed by atoms with Crippen LogP contribution < -0.4 is 5.73 Å². The van der Waals surface area contributed by atoms with Crippen molar-refractivity contribution in [2.24, 2.45) is 27.6 Å². The van der Waals surface area contributed by atoms with Gasteiger partial charge in [0.05, 0.1) is 32.2 Å². The van der Waals surface area contributed by atoms with Crippen LogP contribution in [0.1, 0.15) is 13.3 Å². The molecule has 0 bridgehead atoms. The Morgan fingerprint density at radius 3 is 2.38 bits per heavy atom. The topological polar surface area (TPSA) is 129 Å². The molecule has 5 atom stereocenters. The summed E-state index contributed by atoms with van der Waals surface area (Å²) in [6, 6.07) is -1.95. The largest absolute Gasteiger partial charge is 0.477 e. The quantitative estimate of drug-likeness (QED) is 0.548. The van der Waals surface area contributed by atoms with E-state index in [1.165, 1.54) is 14.2 Å². The number of nitro groups is 1. The summed E-state index contributed by atoms with van der Waals surface area (Å²) in [5, 5.41) is 11.2. The van der Waals surface area contributed by atoms with Crippen LogP contribution in [0, 0.1) is 22.0 Å². The molecule has 2 aliphatic rings. The number of amides is 1. The summed E-state index contributed by atoms with van der Waals surface area (Å²) in [6.45, 7) is 1.65. The second-order valence-electron chi connectivity index (χ2n) is 5.21. The molecule has 0 spiro atoms. The molecule has 1 amide bonds. The highest BCUT2D eigenvalue weighted by molar-refractivity contribution is 6.35. The number of hydrogen-bond donors (Lipinski definition) is 1. The third-order valence-electron chi connectivity index (χ3n) is 4.14. The van der Waals surface area contributed by atoms with Crippen LogP contribution in [0.5, 0.6) is 0 Å². The zero-order chi connectivity index (χ0) is 15.7. The molecule has 1 heterocycles. The number of aliphatic imine (C=N–C) groups is 2. The van der Waals surface area contributed by atoms with Crippen molar-refractivity contribution in [1.82, 2.24) is 0 Å². The van der Waals surface area contributed by atoms with Crippen LogP contribution in [0.4, 0.5) is 0 Å². The van der Waals surface area contributed by atoms with Gasteiger partial charge in [-0.3, -0.25) is 14.9 Å². The third kappa shape index (κ3) is 2.55. The van der Waals surface area contributed by atoms with E-state index in [4.69, 9.17) is 15.2 Å². The summed E-state index contributed by atoms with van der Waals surface area (Å²) in [4.78, 5) is 31.2. The molecule has 9 heteroatoms. The highest BCUT2D eigenvalue weighted by Crippen LogP contribution is 2.37. The number of rotatable bonds is 2. The first-order valence-electron chi connectivity index (χ1n) is 6.57. The zero-order valence-electron chi connectivity index (χ0n) is 12.1. The number of carbonyl (C=O) groups excluding carboxylic acids is 1. The van der Waals surface area contributed by atoms with E-state index in [2.05, 4.69) is 9.98 Å². The van der Waals surface area contributed by atoms with Crippen LogP contribution in [0.15, 0.2) is 9.98 Å². The second kappa shape index (κ2) is 5.66. The molecule has 1 saturated carbocycles. The number of ether oxygens (including phenoxy) is 2. The van der Waals surface area contributed by atoms with Crippen LogP contribution in [0.25, 0.3) is 0 Å². The zero-order valence-corrected chi connectivity index (χ0v) is 12.1. The highest BCUT2D eigenvalue weighted by atomic mass is 16.6. The first-order chi connectivity index (χ1) is 9.90. The molecule has 1 fully saturated rings. The van der Waals surface area contributed by atoms with E-state index in [0.29, 0.717) is 0 Å². The maximum Gasteiger partial charge on any atom is 0.273 e. The Morgan fingerprint density at radius 1 is 1.33 bits per heavy atom. The Bertz CT molecular complexity index is 518. The van der Waals surface area contributed by atoms with Gasteiger partial charge in [-0.1, -0.05) is 6.92 Å². The van der Waals surface area contributed by atoms with E-state index >= 15 is 0 Å². The van der Waals surface area contributed by atoms with Gasteiger partial charge in [-0.15, -0.1) is 0 Å². The van der Waals surface area contributed by atoms with Crippen LogP contribution in [-0.2, 0) is 14.3 Å². The van der Waals surface area contributed by atoms with Crippen LogP contribution in [-0.4, -0.2) is 55.0 Å². The molecule has 0 saturated heterocycles. The molecule has 0 aromatic carbocycles. The lowest BCUT2D eigenvalue weighted by molar-refractivity contribution is -0.537. The van der Waals surface area contributed by atoms with Gasteiger partial charge in [0.1, 0.15) is 0 Å². The van der Waals surface area contributed by atoms with Crippen molar-refractivity contribution >= 4 is 17.7 Å². The molecule has 0 radical (unpaired) electrons. The third-order valence-corrected chi connectivity index (χ3v) is 4.14. The van der Waals surface area contributed by atoms with E-state index in [-0.39, 0.29) is 23.1 Å². The number of primary amides is 1. The number of hydrogen-bond acceptors (Lipinski definition) is 7. The Morgan fingerprint density at radius 2 is 1.90 bits per heavy atom. The first-order valence-corrected chi connectivity index (χ1v) is 6.57. The summed E-state index contributed by atoms with van der Waals surface area (Å²) < 4.78 is 10.2. The number of carbonyl (C=O) groups is 1. The van der Waals surface area contributed by atoms with Crippen molar-refractivity contribution in [3.8, 4) is 0 Å². The highest BCUT2D eigenvalue weighted by Gasteiger charge is 2.52. The number of nitrogens with zero attached hydrogens (tertiary/aromatic N) is 3. The fraction of sp³-hybridized carbons (Fsp3) is 0.750. The van der Waals surface area contributed by atoms with E-state index in [0.717, 1.165) is 0 Å². The summed E-state index contributed by atoms with van der Waals surface area (Å²) in [5.74, 6) is -1.53. The van der Waals surface area contributed by atoms with Gasteiger partial charge >= 0.3 is 0 Å². The lowest BCUT2D eigenvalue weighted by Crippen LogP contribution is -2.55. The van der Waals surface area contributed by atoms with Gasteiger partial charge in [0.2, 0.25) is 11.9 Å². The molecule has 5 unspecified atom stereocenters. The first kappa shape index (κ1) is 15.2. The summed E-state index contributed by atoms with van der Waals surface area (Å²) in [7, 11) is 2.83. The molecule has 0 aromatic rings. The monoisotopic (exact) mass is 298 g/mol. The van der Waals surface area contributed by atoms with E-state index in [9.17, 15) is 14.9 Å². The smallest absolute Gasteiger partial charge is 0.273 e. The molecule has 116 valence electrons. The minimum absolute atomic E-state index is 0.178. The van der Waals surface area contributed by atoms with Crippen LogP contribution in [0.3, 0.4) is 0 Å². The van der Waals surface area contributed by atoms with E-state index in [1.54, 1.807) is 6.92 Å². The Labute approximate surface area is 121 Å². The molecular formula is C12H18N4O5. The summed E-state index contributed by atoms with van der Waals surface area (Å²) in [5.41, 5.74) is 5.43. The van der Waals surface area contributed by atoms with Crippen LogP contribution in [0.2, 0.25) is 0 Å². The Kier molecular flexibility index (Phi) is 4.10. The number of nitrogens with two attached hydrogens (primary N) is 1. The Hall–Kier alpha value is -2.19. The average Bonchev–Trinajstić information content (AvgIpc) is 2.44. The molecule has 1 aliphatic heterocycles. The number of fused-ring (bicyclic) bond motifs is 1. The molecular weight excluding hydrogens is 280 g/mol. The normalized spacial score (nSPS) is 35.1. The summed E-state index contributed by atoms with van der Waals surface area (Å²) >= 11 is 0. The van der Waals surface area contributed by atoms with Crippen molar-refractivity contribution < 1.29 is 19.2 Å². The molecule has 1 aliphatic carbocycles. The maximum atomic E-state index is 11.7. The molecule has 2 N–H and O–H groups in total. The minimum Gasteiger partial charge on any atom is -0.477 e. The lowest BCUT2D eigenvalue weighted by atomic mass is 9.71. The van der Waals surface area contributed by atoms with Gasteiger partial charge in [-0.05, 0) is 0 Å². The van der Waals surface area contributed by atoms with Gasteiger partial charge in [0, 0.05) is 17.3 Å². The molecule has 9 nitrogen and oxygen atoms in total.